The number of carbonyl (C=O) groups excluding carboxylic acids is 1. The van der Waals surface area contributed by atoms with Crippen LogP contribution in [0.4, 0.5) is 0 Å². The molecule has 1 N–H and O–H groups in total. The number of nitrogens with zero attached hydrogens (tertiary/aromatic N) is 1. The van der Waals surface area contributed by atoms with E-state index in [0.29, 0.717) is 37.6 Å². The number of amides is 1. The molecule has 0 aliphatic carbocycles. The van der Waals surface area contributed by atoms with Crippen molar-refractivity contribution in [2.24, 2.45) is 0 Å². The van der Waals surface area contributed by atoms with Crippen LogP contribution in [0.2, 0.25) is 0 Å². The molecule has 1 aromatic carbocycles. The zero-order valence-corrected chi connectivity index (χ0v) is 10.4. The van der Waals surface area contributed by atoms with Crippen molar-refractivity contribution in [2.45, 2.75) is 6.42 Å². The number of methoxy groups -OCH3 is 1. The van der Waals surface area contributed by atoms with E-state index in [0.717, 1.165) is 6.42 Å². The van der Waals surface area contributed by atoms with Gasteiger partial charge in [0.2, 0.25) is 0 Å². The van der Waals surface area contributed by atoms with E-state index in [9.17, 15) is 9.90 Å². The van der Waals surface area contributed by atoms with Gasteiger partial charge in [-0.05, 0) is 24.6 Å². The monoisotopic (exact) mass is 251 g/mol. The topological polar surface area (TPSA) is 59.0 Å². The predicted molar refractivity (Wildman–Crippen MR) is 66.0 cm³/mol. The van der Waals surface area contributed by atoms with Crippen molar-refractivity contribution >= 4 is 5.91 Å². The van der Waals surface area contributed by atoms with Crippen LogP contribution < -0.4 is 4.74 Å². The Labute approximate surface area is 106 Å². The fourth-order valence-electron chi connectivity index (χ4n) is 1.95. The average Bonchev–Trinajstić information content (AvgIpc) is 2.66. The molecular weight excluding hydrogens is 234 g/mol. The molecule has 1 aromatic rings. The van der Waals surface area contributed by atoms with Gasteiger partial charge in [0.15, 0.2) is 11.5 Å². The Bertz CT molecular complexity index is 425. The summed E-state index contributed by atoms with van der Waals surface area (Å²) in [6.45, 7) is 2.53. The zero-order valence-electron chi connectivity index (χ0n) is 10.4. The number of aromatic hydroxyl groups is 1. The number of benzene rings is 1. The second-order valence-corrected chi connectivity index (χ2v) is 4.14. The normalized spacial score (nSPS) is 16.2. The molecule has 18 heavy (non-hydrogen) atoms. The van der Waals surface area contributed by atoms with E-state index in [2.05, 4.69) is 0 Å². The summed E-state index contributed by atoms with van der Waals surface area (Å²) in [5.74, 6) is 0.263. The average molecular weight is 251 g/mol. The number of rotatable bonds is 2. The van der Waals surface area contributed by atoms with Gasteiger partial charge in [-0.3, -0.25) is 4.79 Å². The van der Waals surface area contributed by atoms with Gasteiger partial charge in [0.25, 0.3) is 5.91 Å². The van der Waals surface area contributed by atoms with Gasteiger partial charge in [0.05, 0.1) is 13.7 Å². The molecule has 1 aliphatic heterocycles. The lowest BCUT2D eigenvalue weighted by Gasteiger charge is -2.19. The Balaban J connectivity index is 2.14. The van der Waals surface area contributed by atoms with E-state index < -0.39 is 0 Å². The molecule has 0 bridgehead atoms. The van der Waals surface area contributed by atoms with Crippen LogP contribution in [0.1, 0.15) is 16.8 Å². The Kier molecular flexibility index (Phi) is 4.04. The molecule has 0 unspecified atom stereocenters. The van der Waals surface area contributed by atoms with Crippen LogP contribution in [0.25, 0.3) is 0 Å². The quantitative estimate of drug-likeness (QED) is 0.859. The first-order valence-electron chi connectivity index (χ1n) is 5.96. The highest BCUT2D eigenvalue weighted by Gasteiger charge is 2.18. The molecule has 1 amide bonds. The third kappa shape index (κ3) is 2.73. The van der Waals surface area contributed by atoms with Gasteiger partial charge in [-0.25, -0.2) is 0 Å². The van der Waals surface area contributed by atoms with Crippen LogP contribution in [-0.4, -0.2) is 49.3 Å². The van der Waals surface area contributed by atoms with Gasteiger partial charge in [0, 0.05) is 25.3 Å². The van der Waals surface area contributed by atoms with Gasteiger partial charge in [0.1, 0.15) is 0 Å². The number of carbonyl (C=O) groups is 1. The van der Waals surface area contributed by atoms with Crippen molar-refractivity contribution in [3.63, 3.8) is 0 Å². The van der Waals surface area contributed by atoms with Crippen molar-refractivity contribution in [3.8, 4) is 11.5 Å². The number of ether oxygens (including phenoxy) is 2. The first-order valence-corrected chi connectivity index (χ1v) is 5.96. The largest absolute Gasteiger partial charge is 0.504 e. The highest BCUT2D eigenvalue weighted by molar-refractivity contribution is 5.94. The van der Waals surface area contributed by atoms with E-state index in [4.69, 9.17) is 9.47 Å². The van der Waals surface area contributed by atoms with Gasteiger partial charge in [-0.2, -0.15) is 0 Å². The molecule has 1 aliphatic rings. The lowest BCUT2D eigenvalue weighted by molar-refractivity contribution is 0.0741. The van der Waals surface area contributed by atoms with Crippen LogP contribution >= 0.6 is 0 Å². The van der Waals surface area contributed by atoms with Gasteiger partial charge >= 0.3 is 0 Å². The molecule has 1 heterocycles. The van der Waals surface area contributed by atoms with Crippen molar-refractivity contribution in [3.05, 3.63) is 23.8 Å². The molecule has 1 saturated heterocycles. The minimum Gasteiger partial charge on any atom is -0.504 e. The summed E-state index contributed by atoms with van der Waals surface area (Å²) < 4.78 is 10.3. The Morgan fingerprint density at radius 3 is 2.94 bits per heavy atom. The summed E-state index contributed by atoms with van der Waals surface area (Å²) in [5.41, 5.74) is 0.468. The standard InChI is InChI=1S/C13H17NO4/c1-17-12-4-3-10(9-11(12)15)13(16)14-5-2-7-18-8-6-14/h3-4,9,15H,2,5-8H2,1H3. The van der Waals surface area contributed by atoms with Crippen molar-refractivity contribution in [2.75, 3.05) is 33.4 Å². The lowest BCUT2D eigenvalue weighted by atomic mass is 10.1. The summed E-state index contributed by atoms with van der Waals surface area (Å²) in [7, 11) is 1.47. The van der Waals surface area contributed by atoms with Crippen LogP contribution in [0.3, 0.4) is 0 Å². The molecule has 0 radical (unpaired) electrons. The summed E-state index contributed by atoms with van der Waals surface area (Å²) in [5, 5.41) is 9.67. The van der Waals surface area contributed by atoms with Crippen LogP contribution in [0, 0.1) is 0 Å². The van der Waals surface area contributed by atoms with E-state index >= 15 is 0 Å². The number of phenolic OH excluding ortho intramolecular Hbond substituents is 1. The van der Waals surface area contributed by atoms with Crippen LogP contribution in [-0.2, 0) is 4.74 Å². The third-order valence-corrected chi connectivity index (χ3v) is 2.94. The molecule has 0 atom stereocenters. The Morgan fingerprint density at radius 2 is 2.22 bits per heavy atom. The van der Waals surface area contributed by atoms with Crippen LogP contribution in [0.5, 0.6) is 11.5 Å². The fraction of sp³-hybridized carbons (Fsp3) is 0.462. The fourth-order valence-corrected chi connectivity index (χ4v) is 1.95. The van der Waals surface area contributed by atoms with E-state index in [1.807, 2.05) is 0 Å². The summed E-state index contributed by atoms with van der Waals surface area (Å²) in [4.78, 5) is 14.0. The first-order chi connectivity index (χ1) is 8.72. The SMILES string of the molecule is COc1ccc(C(=O)N2CCCOCC2)cc1O. The molecule has 0 saturated carbocycles. The number of phenols is 1. The lowest BCUT2D eigenvalue weighted by Crippen LogP contribution is -2.33. The van der Waals surface area contributed by atoms with Crippen LogP contribution in [0.15, 0.2) is 18.2 Å². The van der Waals surface area contributed by atoms with E-state index in [-0.39, 0.29) is 11.7 Å². The molecule has 5 nitrogen and oxygen atoms in total. The molecule has 98 valence electrons. The predicted octanol–water partition coefficient (Wildman–Crippen LogP) is 1.26. The second-order valence-electron chi connectivity index (χ2n) is 4.14. The summed E-state index contributed by atoms with van der Waals surface area (Å²) >= 11 is 0. The molecule has 1 fully saturated rings. The number of hydrogen-bond donors (Lipinski definition) is 1. The maximum Gasteiger partial charge on any atom is 0.254 e. The smallest absolute Gasteiger partial charge is 0.254 e. The minimum atomic E-state index is -0.0848. The summed E-state index contributed by atoms with van der Waals surface area (Å²) in [6, 6.07) is 4.69. The molecular formula is C13H17NO4. The molecule has 5 heteroatoms. The maximum absolute atomic E-state index is 12.2. The second kappa shape index (κ2) is 5.73. The van der Waals surface area contributed by atoms with Crippen molar-refractivity contribution in [1.29, 1.82) is 0 Å². The minimum absolute atomic E-state index is 0.0191. The van der Waals surface area contributed by atoms with Gasteiger partial charge in [-0.15, -0.1) is 0 Å². The molecule has 2 rings (SSSR count). The Morgan fingerprint density at radius 1 is 1.39 bits per heavy atom. The van der Waals surface area contributed by atoms with E-state index in [1.54, 1.807) is 17.0 Å². The molecule has 0 spiro atoms. The highest BCUT2D eigenvalue weighted by atomic mass is 16.5. The first kappa shape index (κ1) is 12.7. The van der Waals surface area contributed by atoms with E-state index in [1.165, 1.54) is 13.2 Å². The van der Waals surface area contributed by atoms with Gasteiger partial charge < -0.3 is 19.5 Å². The van der Waals surface area contributed by atoms with Crippen molar-refractivity contribution < 1.29 is 19.4 Å². The van der Waals surface area contributed by atoms with Crippen molar-refractivity contribution in [1.82, 2.24) is 4.90 Å². The number of hydrogen-bond acceptors (Lipinski definition) is 4. The molecule has 0 aromatic heterocycles. The summed E-state index contributed by atoms with van der Waals surface area (Å²) in [6.07, 6.45) is 0.841. The zero-order chi connectivity index (χ0) is 13.0. The highest BCUT2D eigenvalue weighted by Crippen LogP contribution is 2.26. The Hall–Kier alpha value is -1.75. The third-order valence-electron chi connectivity index (χ3n) is 2.94. The van der Waals surface area contributed by atoms with Gasteiger partial charge in [-0.1, -0.05) is 0 Å². The maximum atomic E-state index is 12.2.